The molecule has 1 aliphatic heterocycles. The van der Waals surface area contributed by atoms with Crippen molar-refractivity contribution in [2.45, 2.75) is 19.4 Å². The third kappa shape index (κ3) is 4.37. The van der Waals surface area contributed by atoms with Crippen LogP contribution in [0.4, 0.5) is 11.4 Å². The van der Waals surface area contributed by atoms with Gasteiger partial charge in [0.25, 0.3) is 5.91 Å². The van der Waals surface area contributed by atoms with Gasteiger partial charge in [-0.1, -0.05) is 18.2 Å². The van der Waals surface area contributed by atoms with Crippen LogP contribution in [0.1, 0.15) is 23.7 Å². The maximum absolute atomic E-state index is 13.7. The Morgan fingerprint density at radius 3 is 2.82 bits per heavy atom. The molecule has 34 heavy (non-hydrogen) atoms. The maximum Gasteiger partial charge on any atom is 0.258 e. The summed E-state index contributed by atoms with van der Waals surface area (Å²) in [6.45, 7) is 3.66. The van der Waals surface area contributed by atoms with Crippen molar-refractivity contribution in [2.24, 2.45) is 0 Å². The number of hydrogen-bond donors (Lipinski definition) is 2. The smallest absolute Gasteiger partial charge is 0.258 e. The van der Waals surface area contributed by atoms with E-state index in [9.17, 15) is 4.79 Å². The minimum Gasteiger partial charge on any atom is -0.491 e. The normalized spacial score (nSPS) is 15.5. The number of hydrogen-bond acceptors (Lipinski definition) is 4. The molecular weight excluding hydrogens is 426 g/mol. The molecule has 0 bridgehead atoms. The van der Waals surface area contributed by atoms with E-state index in [1.807, 2.05) is 59.6 Å². The molecule has 174 valence electrons. The Kier molecular flexibility index (Phi) is 6.23. The van der Waals surface area contributed by atoms with Gasteiger partial charge in [-0.05, 0) is 72.8 Å². The molecule has 1 unspecified atom stereocenters. The number of ether oxygens (including phenoxy) is 2. The van der Waals surface area contributed by atoms with Gasteiger partial charge in [0.2, 0.25) is 0 Å². The Morgan fingerprint density at radius 2 is 1.94 bits per heavy atom. The molecule has 0 saturated heterocycles. The van der Waals surface area contributed by atoms with E-state index < -0.39 is 0 Å². The molecule has 0 aliphatic carbocycles. The number of carbonyl (C=O) groups is 1. The maximum atomic E-state index is 13.7. The highest BCUT2D eigenvalue weighted by atomic mass is 16.5. The SMILES string of the molecule is COCCOc1cc(C(=O)N2CCC(C)Nc3ccccc32)ccc1-c1ccc2[nH]ccc2c1. The van der Waals surface area contributed by atoms with E-state index in [4.69, 9.17) is 9.47 Å². The lowest BCUT2D eigenvalue weighted by Crippen LogP contribution is -2.32. The van der Waals surface area contributed by atoms with Crippen LogP contribution in [0, 0.1) is 0 Å². The van der Waals surface area contributed by atoms with Gasteiger partial charge in [-0.15, -0.1) is 0 Å². The van der Waals surface area contributed by atoms with Crippen molar-refractivity contribution in [1.82, 2.24) is 4.98 Å². The minimum atomic E-state index is -0.0346. The summed E-state index contributed by atoms with van der Waals surface area (Å²) in [5, 5.41) is 4.64. The number of carbonyl (C=O) groups excluding carboxylic acids is 1. The Balaban J connectivity index is 1.52. The predicted molar refractivity (Wildman–Crippen MR) is 137 cm³/mol. The van der Waals surface area contributed by atoms with E-state index in [-0.39, 0.29) is 11.9 Å². The van der Waals surface area contributed by atoms with Crippen molar-refractivity contribution in [3.63, 3.8) is 0 Å². The first kappa shape index (κ1) is 22.0. The van der Waals surface area contributed by atoms with Crippen molar-refractivity contribution in [3.05, 3.63) is 78.5 Å². The molecular formula is C28H29N3O3. The molecule has 6 nitrogen and oxygen atoms in total. The second-order valence-corrected chi connectivity index (χ2v) is 8.64. The van der Waals surface area contributed by atoms with Crippen LogP contribution in [-0.4, -0.2) is 43.8 Å². The molecule has 4 aromatic rings. The van der Waals surface area contributed by atoms with E-state index in [1.165, 1.54) is 0 Å². The zero-order valence-electron chi connectivity index (χ0n) is 19.5. The average molecular weight is 456 g/mol. The van der Waals surface area contributed by atoms with Gasteiger partial charge in [0, 0.05) is 42.5 Å². The molecule has 3 aromatic carbocycles. The van der Waals surface area contributed by atoms with Gasteiger partial charge in [0.1, 0.15) is 12.4 Å². The molecule has 0 fully saturated rings. The van der Waals surface area contributed by atoms with Crippen LogP contribution in [-0.2, 0) is 4.74 Å². The third-order valence-electron chi connectivity index (χ3n) is 6.27. The number of fused-ring (bicyclic) bond motifs is 2. The van der Waals surface area contributed by atoms with Crippen molar-refractivity contribution < 1.29 is 14.3 Å². The summed E-state index contributed by atoms with van der Waals surface area (Å²) in [5.41, 5.74) is 5.55. The van der Waals surface area contributed by atoms with Crippen molar-refractivity contribution >= 4 is 28.2 Å². The molecule has 2 heterocycles. The number of H-pyrrole nitrogens is 1. The van der Waals surface area contributed by atoms with E-state index >= 15 is 0 Å². The molecule has 1 amide bonds. The van der Waals surface area contributed by atoms with E-state index in [0.29, 0.717) is 31.1 Å². The zero-order chi connectivity index (χ0) is 23.5. The fourth-order valence-corrected chi connectivity index (χ4v) is 4.45. The first-order chi connectivity index (χ1) is 16.6. The third-order valence-corrected chi connectivity index (χ3v) is 6.27. The van der Waals surface area contributed by atoms with Crippen LogP contribution in [0.15, 0.2) is 72.9 Å². The summed E-state index contributed by atoms with van der Waals surface area (Å²) in [4.78, 5) is 18.8. The fraction of sp³-hybridized carbons (Fsp3) is 0.250. The summed E-state index contributed by atoms with van der Waals surface area (Å²) < 4.78 is 11.3. The number of amides is 1. The molecule has 6 heteroatoms. The molecule has 0 saturated carbocycles. The van der Waals surface area contributed by atoms with E-state index in [2.05, 4.69) is 35.4 Å². The van der Waals surface area contributed by atoms with Crippen LogP contribution in [0.5, 0.6) is 5.75 Å². The highest BCUT2D eigenvalue weighted by Crippen LogP contribution is 2.35. The van der Waals surface area contributed by atoms with Crippen LogP contribution < -0.4 is 15.0 Å². The Morgan fingerprint density at radius 1 is 1.06 bits per heavy atom. The molecule has 2 N–H and O–H groups in total. The summed E-state index contributed by atoms with van der Waals surface area (Å²) >= 11 is 0. The van der Waals surface area contributed by atoms with Gasteiger partial charge in [0.15, 0.2) is 0 Å². The van der Waals surface area contributed by atoms with Gasteiger partial charge in [-0.2, -0.15) is 0 Å². The van der Waals surface area contributed by atoms with Gasteiger partial charge in [0.05, 0.1) is 18.0 Å². The molecule has 5 rings (SSSR count). The number of methoxy groups -OCH3 is 1. The van der Waals surface area contributed by atoms with Gasteiger partial charge >= 0.3 is 0 Å². The largest absolute Gasteiger partial charge is 0.491 e. The standard InChI is InChI=1S/C28H29N3O3/c1-19-12-14-31(26-6-4-3-5-25(26)30-19)28(32)22-7-9-23(27(18-22)34-16-15-33-2)20-8-10-24-21(17-20)11-13-29-24/h3-11,13,17-19,29-30H,12,14-16H2,1-2H3. The number of nitrogens with zero attached hydrogens (tertiary/aromatic N) is 1. The zero-order valence-corrected chi connectivity index (χ0v) is 19.5. The number of nitrogens with one attached hydrogen (secondary N) is 2. The summed E-state index contributed by atoms with van der Waals surface area (Å²) in [5.74, 6) is 0.639. The Bertz CT molecular complexity index is 1310. The number of benzene rings is 3. The van der Waals surface area contributed by atoms with Crippen molar-refractivity contribution in [1.29, 1.82) is 0 Å². The number of aromatic amines is 1. The van der Waals surface area contributed by atoms with Gasteiger partial charge < -0.3 is 24.7 Å². The quantitative estimate of drug-likeness (QED) is 0.366. The number of para-hydroxylation sites is 2. The molecule has 0 spiro atoms. The predicted octanol–water partition coefficient (Wildman–Crippen LogP) is 5.71. The number of anilines is 2. The average Bonchev–Trinajstić information content (AvgIpc) is 3.26. The number of aromatic nitrogens is 1. The van der Waals surface area contributed by atoms with Gasteiger partial charge in [-0.3, -0.25) is 4.79 Å². The first-order valence-corrected chi connectivity index (χ1v) is 11.6. The van der Waals surface area contributed by atoms with Crippen LogP contribution in [0.2, 0.25) is 0 Å². The second kappa shape index (κ2) is 9.61. The molecule has 1 atom stereocenters. The minimum absolute atomic E-state index is 0.0346. The fourth-order valence-electron chi connectivity index (χ4n) is 4.45. The highest BCUT2D eigenvalue weighted by molar-refractivity contribution is 6.08. The number of rotatable bonds is 6. The summed E-state index contributed by atoms with van der Waals surface area (Å²) in [6.07, 6.45) is 2.80. The Labute approximate surface area is 199 Å². The highest BCUT2D eigenvalue weighted by Gasteiger charge is 2.25. The van der Waals surface area contributed by atoms with Crippen molar-refractivity contribution in [2.75, 3.05) is 37.1 Å². The lowest BCUT2D eigenvalue weighted by molar-refractivity contribution is 0.0986. The topological polar surface area (TPSA) is 66.6 Å². The molecule has 1 aromatic heterocycles. The van der Waals surface area contributed by atoms with E-state index in [0.717, 1.165) is 39.8 Å². The summed E-state index contributed by atoms with van der Waals surface area (Å²) in [6, 6.07) is 22.3. The van der Waals surface area contributed by atoms with Crippen LogP contribution in [0.25, 0.3) is 22.0 Å². The van der Waals surface area contributed by atoms with Gasteiger partial charge in [-0.25, -0.2) is 0 Å². The lowest BCUT2D eigenvalue weighted by atomic mass is 10.0. The lowest BCUT2D eigenvalue weighted by Gasteiger charge is -2.23. The van der Waals surface area contributed by atoms with E-state index in [1.54, 1.807) is 7.11 Å². The Hall–Kier alpha value is -3.77. The summed E-state index contributed by atoms with van der Waals surface area (Å²) in [7, 11) is 1.65. The molecule has 0 radical (unpaired) electrons. The molecule has 1 aliphatic rings. The van der Waals surface area contributed by atoms with Crippen molar-refractivity contribution in [3.8, 4) is 16.9 Å². The second-order valence-electron chi connectivity index (χ2n) is 8.64. The first-order valence-electron chi connectivity index (χ1n) is 11.6. The monoisotopic (exact) mass is 455 g/mol. The van der Waals surface area contributed by atoms with Crippen LogP contribution >= 0.6 is 0 Å². The van der Waals surface area contributed by atoms with Crippen LogP contribution in [0.3, 0.4) is 0 Å².